The number of carbonyl (C=O) groups is 2. The zero-order valence-corrected chi connectivity index (χ0v) is 27.2. The van der Waals surface area contributed by atoms with E-state index in [1.54, 1.807) is 31.2 Å². The van der Waals surface area contributed by atoms with Gasteiger partial charge in [-0.1, -0.05) is 52.7 Å². The van der Waals surface area contributed by atoms with Gasteiger partial charge in [-0.3, -0.25) is 13.9 Å². The second kappa shape index (κ2) is 14.6. The van der Waals surface area contributed by atoms with Crippen LogP contribution in [0.15, 0.2) is 76.1 Å². The number of ether oxygens (including phenoxy) is 2. The lowest BCUT2D eigenvalue weighted by Crippen LogP contribution is -2.52. The first-order valence-electron chi connectivity index (χ1n) is 13.6. The van der Waals surface area contributed by atoms with Crippen LogP contribution in [0.4, 0.5) is 5.69 Å². The van der Waals surface area contributed by atoms with E-state index in [9.17, 15) is 18.0 Å². The highest BCUT2D eigenvalue weighted by atomic mass is 79.9. The number of benzene rings is 3. The summed E-state index contributed by atoms with van der Waals surface area (Å²) >= 11 is 3.42. The van der Waals surface area contributed by atoms with Gasteiger partial charge in [-0.2, -0.15) is 0 Å². The van der Waals surface area contributed by atoms with Crippen LogP contribution in [0.1, 0.15) is 38.3 Å². The minimum atomic E-state index is -4.26. The van der Waals surface area contributed by atoms with Gasteiger partial charge in [0.25, 0.3) is 10.0 Å². The minimum Gasteiger partial charge on any atom is -0.497 e. The zero-order valence-electron chi connectivity index (χ0n) is 24.8. The third-order valence-electron chi connectivity index (χ3n) is 6.98. The molecule has 42 heavy (non-hydrogen) atoms. The Morgan fingerprint density at radius 3 is 2.17 bits per heavy atom. The van der Waals surface area contributed by atoms with Gasteiger partial charge in [-0.25, -0.2) is 8.42 Å². The van der Waals surface area contributed by atoms with Gasteiger partial charge in [0.15, 0.2) is 0 Å². The fraction of sp³-hybridized carbons (Fsp3) is 0.355. The van der Waals surface area contributed by atoms with Crippen molar-refractivity contribution in [2.45, 2.75) is 57.6 Å². The molecular weight excluding hydrogens is 622 g/mol. The molecule has 0 radical (unpaired) electrons. The molecule has 9 nitrogen and oxygen atoms in total. The maximum Gasteiger partial charge on any atom is 0.264 e. The summed E-state index contributed by atoms with van der Waals surface area (Å²) in [6.45, 7) is 6.84. The number of rotatable bonds is 13. The maximum atomic E-state index is 14.1. The molecule has 3 rings (SSSR count). The van der Waals surface area contributed by atoms with Gasteiger partial charge in [-0.05, 0) is 69.2 Å². The number of methoxy groups -OCH3 is 2. The van der Waals surface area contributed by atoms with Gasteiger partial charge in [0, 0.05) is 23.1 Å². The molecule has 2 amide bonds. The van der Waals surface area contributed by atoms with Crippen LogP contribution in [0.3, 0.4) is 0 Å². The largest absolute Gasteiger partial charge is 0.497 e. The Kier molecular flexibility index (Phi) is 11.4. The Balaban J connectivity index is 2.11. The second-order valence-corrected chi connectivity index (χ2v) is 12.8. The molecule has 0 aliphatic carbocycles. The Labute approximate surface area is 257 Å². The molecule has 11 heteroatoms. The summed E-state index contributed by atoms with van der Waals surface area (Å²) in [6.07, 6.45) is 0.720. The number of hydrogen-bond donors (Lipinski definition) is 1. The van der Waals surface area contributed by atoms with Crippen LogP contribution in [0.2, 0.25) is 0 Å². The summed E-state index contributed by atoms with van der Waals surface area (Å²) in [4.78, 5) is 28.8. The van der Waals surface area contributed by atoms with Crippen molar-refractivity contribution < 1.29 is 27.5 Å². The molecule has 0 aliphatic rings. The number of carbonyl (C=O) groups excluding carboxylic acids is 2. The van der Waals surface area contributed by atoms with Gasteiger partial charge in [0.1, 0.15) is 24.1 Å². The second-order valence-electron chi connectivity index (χ2n) is 10.0. The predicted molar refractivity (Wildman–Crippen MR) is 167 cm³/mol. The third-order valence-corrected chi connectivity index (χ3v) is 9.28. The molecule has 0 aromatic heterocycles. The number of amides is 2. The molecule has 0 spiro atoms. The number of nitrogens with zero attached hydrogens (tertiary/aromatic N) is 2. The minimum absolute atomic E-state index is 0.00722. The van der Waals surface area contributed by atoms with Crippen molar-refractivity contribution in [1.82, 2.24) is 10.2 Å². The molecule has 0 bridgehead atoms. The maximum absolute atomic E-state index is 14.1. The summed E-state index contributed by atoms with van der Waals surface area (Å²) in [5.74, 6) is -0.274. The topological polar surface area (TPSA) is 105 Å². The number of nitrogens with one attached hydrogen (secondary N) is 1. The SMILES string of the molecule is CCC(C)NC(=O)C(C)N(Cc1ccc(Br)cc1)C(=O)CN(c1cc(OC)ccc1OC)S(=O)(=O)c1ccc(C)cc1. The van der Waals surface area contributed by atoms with E-state index in [0.29, 0.717) is 5.75 Å². The van der Waals surface area contributed by atoms with Crippen molar-refractivity contribution in [1.29, 1.82) is 0 Å². The highest BCUT2D eigenvalue weighted by Crippen LogP contribution is 2.36. The summed E-state index contributed by atoms with van der Waals surface area (Å²) in [5.41, 5.74) is 1.80. The van der Waals surface area contributed by atoms with E-state index in [-0.39, 0.29) is 34.8 Å². The molecule has 2 atom stereocenters. The van der Waals surface area contributed by atoms with Crippen molar-refractivity contribution in [2.24, 2.45) is 0 Å². The number of hydrogen-bond acceptors (Lipinski definition) is 6. The fourth-order valence-corrected chi connectivity index (χ4v) is 5.86. The van der Waals surface area contributed by atoms with Crippen molar-refractivity contribution in [3.8, 4) is 11.5 Å². The van der Waals surface area contributed by atoms with E-state index in [1.807, 2.05) is 45.0 Å². The van der Waals surface area contributed by atoms with Crippen LogP contribution >= 0.6 is 15.9 Å². The summed E-state index contributed by atoms with van der Waals surface area (Å²) in [5, 5.41) is 2.93. The Morgan fingerprint density at radius 2 is 1.60 bits per heavy atom. The third kappa shape index (κ3) is 8.04. The van der Waals surface area contributed by atoms with E-state index in [0.717, 1.165) is 26.3 Å². The molecule has 0 saturated heterocycles. The summed E-state index contributed by atoms with van der Waals surface area (Å²) < 4.78 is 41.0. The predicted octanol–water partition coefficient (Wildman–Crippen LogP) is 5.30. The van der Waals surface area contributed by atoms with Crippen LogP contribution < -0.4 is 19.1 Å². The van der Waals surface area contributed by atoms with E-state index in [1.165, 1.54) is 37.3 Å². The lowest BCUT2D eigenvalue weighted by molar-refractivity contribution is -0.139. The van der Waals surface area contributed by atoms with Crippen molar-refractivity contribution in [3.63, 3.8) is 0 Å². The van der Waals surface area contributed by atoms with Gasteiger partial charge in [0.2, 0.25) is 11.8 Å². The smallest absolute Gasteiger partial charge is 0.264 e. The van der Waals surface area contributed by atoms with Gasteiger partial charge >= 0.3 is 0 Å². The van der Waals surface area contributed by atoms with E-state index in [2.05, 4.69) is 21.2 Å². The zero-order chi connectivity index (χ0) is 31.0. The fourth-order valence-electron chi connectivity index (χ4n) is 4.18. The summed E-state index contributed by atoms with van der Waals surface area (Å²) in [7, 11) is -1.37. The Morgan fingerprint density at radius 1 is 0.952 bits per heavy atom. The van der Waals surface area contributed by atoms with Crippen LogP contribution in [-0.4, -0.2) is 58.0 Å². The Hall–Kier alpha value is -3.57. The molecule has 3 aromatic rings. The van der Waals surface area contributed by atoms with Crippen LogP contribution in [0.25, 0.3) is 0 Å². The average molecular weight is 661 g/mol. The van der Waals surface area contributed by atoms with E-state index < -0.39 is 28.5 Å². The lowest BCUT2D eigenvalue weighted by atomic mass is 10.1. The van der Waals surface area contributed by atoms with Crippen LogP contribution in [-0.2, 0) is 26.2 Å². The van der Waals surface area contributed by atoms with Gasteiger partial charge < -0.3 is 19.7 Å². The quantitative estimate of drug-likeness (QED) is 0.267. The standard InChI is InChI=1S/C31H38BrN3O6S/c1-7-22(3)33-31(37)23(4)34(19-24-10-12-25(32)13-11-24)30(36)20-35(28-18-26(40-5)14-17-29(28)41-6)42(38,39)27-15-8-21(2)9-16-27/h8-18,22-23H,7,19-20H2,1-6H3,(H,33,37). The average Bonchev–Trinajstić information content (AvgIpc) is 2.98. The molecule has 2 unspecified atom stereocenters. The number of sulfonamides is 1. The number of anilines is 1. The molecule has 0 aliphatic heterocycles. The number of halogens is 1. The molecular formula is C31H38BrN3O6S. The monoisotopic (exact) mass is 659 g/mol. The molecule has 226 valence electrons. The highest BCUT2D eigenvalue weighted by Gasteiger charge is 2.34. The van der Waals surface area contributed by atoms with Gasteiger partial charge in [-0.15, -0.1) is 0 Å². The lowest BCUT2D eigenvalue weighted by Gasteiger charge is -2.33. The van der Waals surface area contributed by atoms with E-state index in [4.69, 9.17) is 9.47 Å². The number of aryl methyl sites for hydroxylation is 1. The van der Waals surface area contributed by atoms with Gasteiger partial charge in [0.05, 0.1) is 24.8 Å². The van der Waals surface area contributed by atoms with Crippen molar-refractivity contribution in [3.05, 3.63) is 82.3 Å². The molecule has 0 fully saturated rings. The molecule has 3 aromatic carbocycles. The Bertz CT molecular complexity index is 1480. The van der Waals surface area contributed by atoms with Crippen LogP contribution in [0, 0.1) is 6.92 Å². The normalized spacial score (nSPS) is 12.6. The van der Waals surface area contributed by atoms with Crippen LogP contribution in [0.5, 0.6) is 11.5 Å². The molecule has 0 saturated carbocycles. The molecule has 1 N–H and O–H groups in total. The molecule has 0 heterocycles. The van der Waals surface area contributed by atoms with Crippen molar-refractivity contribution in [2.75, 3.05) is 25.1 Å². The first kappa shape index (κ1) is 32.9. The first-order chi connectivity index (χ1) is 19.9. The van der Waals surface area contributed by atoms with E-state index >= 15 is 0 Å². The summed E-state index contributed by atoms with van der Waals surface area (Å²) in [6, 6.07) is 17.5. The first-order valence-corrected chi connectivity index (χ1v) is 15.8. The van der Waals surface area contributed by atoms with Crippen molar-refractivity contribution >= 4 is 43.5 Å². The highest BCUT2D eigenvalue weighted by molar-refractivity contribution is 9.10.